The summed E-state index contributed by atoms with van der Waals surface area (Å²) in [6.07, 6.45) is 2.15. The highest BCUT2D eigenvalue weighted by atomic mass is 16.2. The Labute approximate surface area is 152 Å². The van der Waals surface area contributed by atoms with Gasteiger partial charge in [0.1, 0.15) is 0 Å². The zero-order valence-electron chi connectivity index (χ0n) is 15.0. The number of aryl methyl sites for hydroxylation is 1. The fourth-order valence-electron chi connectivity index (χ4n) is 2.72. The number of nitrogens with one attached hydrogen (secondary N) is 1. The smallest absolute Gasteiger partial charge is 0.253 e. The summed E-state index contributed by atoms with van der Waals surface area (Å²) in [6, 6.07) is 15.1. The van der Waals surface area contributed by atoms with Crippen LogP contribution in [0.4, 0.5) is 0 Å². The molecule has 0 unspecified atom stereocenters. The number of hydrogen-bond donors (Lipinski definition) is 1. The van der Waals surface area contributed by atoms with Gasteiger partial charge in [-0.25, -0.2) is 4.98 Å². The first-order valence-corrected chi connectivity index (χ1v) is 8.52. The molecule has 3 rings (SSSR count). The van der Waals surface area contributed by atoms with Crippen molar-refractivity contribution < 1.29 is 9.59 Å². The van der Waals surface area contributed by atoms with Crippen LogP contribution in [0.3, 0.4) is 0 Å². The number of carbonyl (C=O) groups is 2. The molecular weight excluding hydrogens is 328 g/mol. The number of hydrogen-bond acceptors (Lipinski definition) is 3. The molecular formula is C20H22N4O2. The van der Waals surface area contributed by atoms with Gasteiger partial charge in [0.2, 0.25) is 5.91 Å². The zero-order valence-corrected chi connectivity index (χ0v) is 15.0. The molecule has 1 aromatic heterocycles. The normalized spacial score (nSPS) is 10.7. The Hall–Kier alpha value is -3.15. The number of carbonyl (C=O) groups excluding carboxylic acids is 2. The molecule has 2 aromatic carbocycles. The number of amides is 2. The van der Waals surface area contributed by atoms with E-state index < -0.39 is 0 Å². The maximum absolute atomic E-state index is 12.1. The number of benzene rings is 2. The van der Waals surface area contributed by atoms with Crippen molar-refractivity contribution in [2.24, 2.45) is 0 Å². The minimum absolute atomic E-state index is 0.0174. The average Bonchev–Trinajstić information content (AvgIpc) is 3.07. The van der Waals surface area contributed by atoms with E-state index in [9.17, 15) is 9.59 Å². The number of imidazole rings is 1. The van der Waals surface area contributed by atoms with Crippen molar-refractivity contribution in [3.63, 3.8) is 0 Å². The molecule has 0 spiro atoms. The highest BCUT2D eigenvalue weighted by Gasteiger charge is 2.08. The molecule has 6 heteroatoms. The van der Waals surface area contributed by atoms with Crippen LogP contribution in [0.2, 0.25) is 0 Å². The summed E-state index contributed by atoms with van der Waals surface area (Å²) in [5, 5.41) is 2.91. The predicted octanol–water partition coefficient (Wildman–Crippen LogP) is 2.44. The Morgan fingerprint density at radius 3 is 2.54 bits per heavy atom. The average molecular weight is 350 g/mol. The van der Waals surface area contributed by atoms with Gasteiger partial charge in [0, 0.05) is 39.2 Å². The molecule has 0 fully saturated rings. The second-order valence-electron chi connectivity index (χ2n) is 6.35. The van der Waals surface area contributed by atoms with Crippen molar-refractivity contribution in [3.05, 3.63) is 66.0 Å². The molecule has 134 valence electrons. The van der Waals surface area contributed by atoms with Crippen LogP contribution in [-0.4, -0.2) is 40.4 Å². The van der Waals surface area contributed by atoms with Gasteiger partial charge in [-0.15, -0.1) is 0 Å². The third-order valence-electron chi connectivity index (χ3n) is 4.20. The first-order valence-electron chi connectivity index (χ1n) is 8.52. The molecule has 0 aliphatic rings. The lowest BCUT2D eigenvalue weighted by Crippen LogP contribution is -2.24. The van der Waals surface area contributed by atoms with Gasteiger partial charge in [-0.3, -0.25) is 9.59 Å². The Morgan fingerprint density at radius 2 is 1.81 bits per heavy atom. The van der Waals surface area contributed by atoms with Gasteiger partial charge in [-0.2, -0.15) is 0 Å². The van der Waals surface area contributed by atoms with Gasteiger partial charge in [-0.05, 0) is 29.8 Å². The Kier molecular flexibility index (Phi) is 5.31. The maximum atomic E-state index is 12.1. The molecule has 0 radical (unpaired) electrons. The van der Waals surface area contributed by atoms with Crippen molar-refractivity contribution in [3.8, 4) is 0 Å². The zero-order chi connectivity index (χ0) is 18.5. The monoisotopic (exact) mass is 350 g/mol. The van der Waals surface area contributed by atoms with E-state index in [1.807, 2.05) is 41.0 Å². The van der Waals surface area contributed by atoms with Crippen LogP contribution in [0, 0.1) is 0 Å². The summed E-state index contributed by atoms with van der Waals surface area (Å²) < 4.78 is 1.98. The number of fused-ring (bicyclic) bond motifs is 1. The molecule has 0 bridgehead atoms. The second kappa shape index (κ2) is 7.82. The first-order chi connectivity index (χ1) is 12.5. The van der Waals surface area contributed by atoms with E-state index in [0.29, 0.717) is 25.1 Å². The van der Waals surface area contributed by atoms with E-state index in [2.05, 4.69) is 10.3 Å². The summed E-state index contributed by atoms with van der Waals surface area (Å²) in [7, 11) is 3.44. The van der Waals surface area contributed by atoms with Crippen LogP contribution in [-0.2, 0) is 17.9 Å². The van der Waals surface area contributed by atoms with Crippen LogP contribution in [0.15, 0.2) is 54.9 Å². The first kappa shape index (κ1) is 17.7. The van der Waals surface area contributed by atoms with Gasteiger partial charge in [0.25, 0.3) is 5.91 Å². The highest BCUT2D eigenvalue weighted by Crippen LogP contribution is 2.12. The minimum atomic E-state index is -0.0341. The van der Waals surface area contributed by atoms with Crippen molar-refractivity contribution in [1.82, 2.24) is 19.8 Å². The van der Waals surface area contributed by atoms with Crippen LogP contribution in [0.1, 0.15) is 22.3 Å². The molecule has 1 N–H and O–H groups in total. The van der Waals surface area contributed by atoms with E-state index >= 15 is 0 Å². The summed E-state index contributed by atoms with van der Waals surface area (Å²) in [5.41, 5.74) is 3.56. The third-order valence-corrected chi connectivity index (χ3v) is 4.20. The topological polar surface area (TPSA) is 67.2 Å². The molecule has 26 heavy (non-hydrogen) atoms. The van der Waals surface area contributed by atoms with Gasteiger partial charge in [0.15, 0.2) is 0 Å². The molecule has 3 aromatic rings. The molecule has 2 amide bonds. The standard InChI is InChI=1S/C20H22N4O2/c1-23(2)20(26)16-9-7-15(8-10-16)13-21-19(25)11-12-24-14-22-17-5-3-4-6-18(17)24/h3-10,14H,11-13H2,1-2H3,(H,21,25). The Bertz CT molecular complexity index is 913. The van der Waals surface area contributed by atoms with Crippen LogP contribution in [0.5, 0.6) is 0 Å². The lowest BCUT2D eigenvalue weighted by Gasteiger charge is -2.11. The number of nitrogens with zero attached hydrogens (tertiary/aromatic N) is 3. The quantitative estimate of drug-likeness (QED) is 0.742. The van der Waals surface area contributed by atoms with E-state index in [0.717, 1.165) is 16.6 Å². The van der Waals surface area contributed by atoms with Crippen molar-refractivity contribution in [1.29, 1.82) is 0 Å². The lowest BCUT2D eigenvalue weighted by atomic mass is 10.1. The van der Waals surface area contributed by atoms with E-state index in [1.165, 1.54) is 4.90 Å². The SMILES string of the molecule is CN(C)C(=O)c1ccc(CNC(=O)CCn2cnc3ccccc32)cc1. The largest absolute Gasteiger partial charge is 0.352 e. The molecule has 0 aliphatic heterocycles. The molecule has 0 saturated heterocycles. The molecule has 0 aliphatic carbocycles. The van der Waals surface area contributed by atoms with E-state index in [-0.39, 0.29) is 11.8 Å². The van der Waals surface area contributed by atoms with Gasteiger partial charge < -0.3 is 14.8 Å². The predicted molar refractivity (Wildman–Crippen MR) is 101 cm³/mol. The van der Waals surface area contributed by atoms with Gasteiger partial charge in [0.05, 0.1) is 17.4 Å². The maximum Gasteiger partial charge on any atom is 0.253 e. The van der Waals surface area contributed by atoms with Crippen molar-refractivity contribution in [2.45, 2.75) is 19.5 Å². The van der Waals surface area contributed by atoms with Gasteiger partial charge in [-0.1, -0.05) is 24.3 Å². The Morgan fingerprint density at radius 1 is 1.08 bits per heavy atom. The van der Waals surface area contributed by atoms with Crippen LogP contribution >= 0.6 is 0 Å². The second-order valence-corrected chi connectivity index (χ2v) is 6.35. The van der Waals surface area contributed by atoms with Crippen LogP contribution < -0.4 is 5.32 Å². The molecule has 1 heterocycles. The van der Waals surface area contributed by atoms with E-state index in [1.54, 1.807) is 32.6 Å². The number of para-hydroxylation sites is 2. The summed E-state index contributed by atoms with van der Waals surface area (Å²) in [4.78, 5) is 29.8. The summed E-state index contributed by atoms with van der Waals surface area (Å²) in [5.74, 6) is -0.0515. The van der Waals surface area contributed by atoms with Gasteiger partial charge >= 0.3 is 0 Å². The third kappa shape index (κ3) is 4.08. The minimum Gasteiger partial charge on any atom is -0.352 e. The van der Waals surface area contributed by atoms with Crippen molar-refractivity contribution >= 4 is 22.8 Å². The molecule has 6 nitrogen and oxygen atoms in total. The highest BCUT2D eigenvalue weighted by molar-refractivity contribution is 5.93. The van der Waals surface area contributed by atoms with E-state index in [4.69, 9.17) is 0 Å². The Balaban J connectivity index is 1.50. The number of rotatable bonds is 6. The van der Waals surface area contributed by atoms with Crippen LogP contribution in [0.25, 0.3) is 11.0 Å². The summed E-state index contributed by atoms with van der Waals surface area (Å²) in [6.45, 7) is 1.03. The molecule has 0 saturated carbocycles. The fraction of sp³-hybridized carbons (Fsp3) is 0.250. The lowest BCUT2D eigenvalue weighted by molar-refractivity contribution is -0.121. The fourth-order valence-corrected chi connectivity index (χ4v) is 2.72. The summed E-state index contributed by atoms with van der Waals surface area (Å²) >= 11 is 0. The molecule has 0 atom stereocenters. The number of aromatic nitrogens is 2. The van der Waals surface area contributed by atoms with Crippen molar-refractivity contribution in [2.75, 3.05) is 14.1 Å².